The van der Waals surface area contributed by atoms with Crippen LogP contribution in [-0.4, -0.2) is 115 Å². The zero-order chi connectivity index (χ0) is 28.4. The number of aryl methyl sites for hydroxylation is 1. The lowest BCUT2D eigenvalue weighted by molar-refractivity contribution is -0.0256. The standard InChI is InChI=1S/C22H13B8N7O2/c1-36-10-31-9-15(36)14-4-12-5-16(34-8-13(12)7-33-14)35-18(38)11-2-3-32-17(6-11)37-19(23,24)21(27,28)39-22(29,30)20(37,25)26/h2-10H,1H3,(H,34,35,38). The first-order chi connectivity index (χ1) is 18.1. The topological polar surface area (TPSA) is 98.1 Å². The fourth-order valence-corrected chi connectivity index (χ4v) is 4.20. The van der Waals surface area contributed by atoms with Crippen LogP contribution in [0.15, 0.2) is 55.4 Å². The molecule has 0 bridgehead atoms. The quantitative estimate of drug-likeness (QED) is 0.345. The molecule has 0 spiro atoms. The van der Waals surface area contributed by atoms with Gasteiger partial charge in [0.2, 0.25) is 0 Å². The number of rotatable bonds is 4. The second kappa shape index (κ2) is 9.11. The molecule has 1 fully saturated rings. The van der Waals surface area contributed by atoms with Gasteiger partial charge in [-0.05, 0) is 51.1 Å². The Kier molecular flexibility index (Phi) is 6.37. The number of nitrogens with one attached hydrogen (secondary N) is 1. The minimum atomic E-state index is -2.32. The van der Waals surface area contributed by atoms with Crippen LogP contribution in [-0.2, 0) is 11.8 Å². The van der Waals surface area contributed by atoms with Crippen LogP contribution in [0, 0.1) is 0 Å². The highest BCUT2D eigenvalue weighted by Gasteiger charge is 2.57. The number of carbonyl (C=O) groups is 1. The Morgan fingerprint density at radius 2 is 1.54 bits per heavy atom. The number of ether oxygens (including phenoxy) is 1. The first-order valence-electron chi connectivity index (χ1n) is 11.5. The summed E-state index contributed by atoms with van der Waals surface area (Å²) in [6, 6.07) is 6.32. The molecule has 0 unspecified atom stereocenters. The third kappa shape index (κ3) is 4.50. The van der Waals surface area contributed by atoms with Gasteiger partial charge in [0.15, 0.2) is 0 Å². The molecule has 1 aliphatic rings. The third-order valence-electron chi connectivity index (χ3n) is 6.49. The molecule has 172 valence electrons. The largest absolute Gasteiger partial charge is 0.405 e. The van der Waals surface area contributed by atoms with Gasteiger partial charge in [0, 0.05) is 36.6 Å². The lowest BCUT2D eigenvalue weighted by Gasteiger charge is -2.70. The van der Waals surface area contributed by atoms with E-state index < -0.39 is 27.4 Å². The lowest BCUT2D eigenvalue weighted by Crippen LogP contribution is -2.86. The molecule has 5 rings (SSSR count). The number of aromatic nitrogens is 5. The molecule has 0 saturated carbocycles. The van der Waals surface area contributed by atoms with Crippen molar-refractivity contribution >= 4 is 91.1 Å². The molecule has 4 aromatic heterocycles. The maximum absolute atomic E-state index is 13.2. The zero-order valence-corrected chi connectivity index (χ0v) is 20.8. The summed E-state index contributed by atoms with van der Waals surface area (Å²) in [4.78, 5) is 31.2. The van der Waals surface area contributed by atoms with Crippen LogP contribution in [0.5, 0.6) is 0 Å². The number of fused-ring (bicyclic) bond motifs is 1. The fourth-order valence-electron chi connectivity index (χ4n) is 4.20. The Hall–Kier alpha value is -3.33. The maximum atomic E-state index is 13.2. The van der Waals surface area contributed by atoms with Crippen LogP contribution in [0.1, 0.15) is 10.4 Å². The Morgan fingerprint density at radius 1 is 0.872 bits per heavy atom. The Morgan fingerprint density at radius 3 is 2.18 bits per heavy atom. The van der Waals surface area contributed by atoms with Gasteiger partial charge in [-0.15, -0.1) is 0 Å². The van der Waals surface area contributed by atoms with Crippen molar-refractivity contribution in [3.63, 3.8) is 0 Å². The highest BCUT2D eigenvalue weighted by atomic mass is 16.5. The monoisotopic (exact) mass is 495 g/mol. The highest BCUT2D eigenvalue weighted by molar-refractivity contribution is 6.61. The first-order valence-corrected chi connectivity index (χ1v) is 11.5. The van der Waals surface area contributed by atoms with E-state index >= 15 is 0 Å². The number of pyridine rings is 3. The van der Waals surface area contributed by atoms with E-state index in [1.807, 2.05) is 17.7 Å². The van der Waals surface area contributed by atoms with E-state index in [0.717, 1.165) is 21.4 Å². The van der Waals surface area contributed by atoms with Crippen molar-refractivity contribution in [1.82, 2.24) is 24.5 Å². The number of morpholine rings is 1. The van der Waals surface area contributed by atoms with E-state index in [0.29, 0.717) is 5.69 Å². The van der Waals surface area contributed by atoms with Gasteiger partial charge >= 0.3 is 0 Å². The number of carbonyl (C=O) groups excluding carboxylic acids is 1. The summed E-state index contributed by atoms with van der Waals surface area (Å²) in [6.45, 7) is 0. The van der Waals surface area contributed by atoms with Crippen molar-refractivity contribution in [1.29, 1.82) is 0 Å². The van der Waals surface area contributed by atoms with Crippen molar-refractivity contribution in [2.24, 2.45) is 7.05 Å². The number of hydrogen-bond donors (Lipinski definition) is 1. The number of hydrogen-bond acceptors (Lipinski definition) is 7. The number of anilines is 2. The highest BCUT2D eigenvalue weighted by Crippen LogP contribution is 2.42. The molecular formula is C22H13B8N7O2. The fraction of sp³-hybridized carbons (Fsp3) is 0.227. The molecule has 0 aliphatic carbocycles. The molecule has 5 heterocycles. The van der Waals surface area contributed by atoms with Crippen LogP contribution in [0.2, 0.25) is 0 Å². The molecule has 17 heteroatoms. The van der Waals surface area contributed by atoms with Gasteiger partial charge in [0.05, 0.1) is 55.3 Å². The molecule has 39 heavy (non-hydrogen) atoms. The molecule has 4 aromatic rings. The number of nitrogens with zero attached hydrogens (tertiary/aromatic N) is 6. The van der Waals surface area contributed by atoms with Crippen LogP contribution in [0.4, 0.5) is 11.6 Å². The summed E-state index contributed by atoms with van der Waals surface area (Å²) in [5.41, 5.74) is 1.65. The number of imidazole rings is 1. The predicted molar refractivity (Wildman–Crippen MR) is 154 cm³/mol. The van der Waals surface area contributed by atoms with Crippen molar-refractivity contribution in [2.45, 2.75) is 21.5 Å². The molecule has 9 nitrogen and oxygen atoms in total. The van der Waals surface area contributed by atoms with Crippen LogP contribution < -0.4 is 10.2 Å². The van der Waals surface area contributed by atoms with Crippen LogP contribution in [0.3, 0.4) is 0 Å². The lowest BCUT2D eigenvalue weighted by atomic mass is 9.30. The smallest absolute Gasteiger partial charge is 0.257 e. The summed E-state index contributed by atoms with van der Waals surface area (Å²) < 4.78 is 7.07. The first kappa shape index (κ1) is 27.2. The van der Waals surface area contributed by atoms with E-state index in [2.05, 4.69) is 25.3 Å². The Labute approximate surface area is 236 Å². The summed E-state index contributed by atoms with van der Waals surface area (Å²) in [7, 11) is 50.4. The molecule has 1 saturated heterocycles. The van der Waals surface area contributed by atoms with E-state index in [1.54, 1.807) is 31.0 Å². The van der Waals surface area contributed by atoms with E-state index in [1.165, 1.54) is 18.3 Å². The van der Waals surface area contributed by atoms with Gasteiger partial charge in [-0.25, -0.2) is 15.0 Å². The van der Waals surface area contributed by atoms with Gasteiger partial charge < -0.3 is 19.5 Å². The van der Waals surface area contributed by atoms with Crippen molar-refractivity contribution in [2.75, 3.05) is 10.2 Å². The van der Waals surface area contributed by atoms with Crippen LogP contribution in [0.25, 0.3) is 22.2 Å². The minimum Gasteiger partial charge on any atom is -0.405 e. The number of amides is 1. The zero-order valence-electron chi connectivity index (χ0n) is 20.8. The Bertz CT molecular complexity index is 1570. The summed E-state index contributed by atoms with van der Waals surface area (Å²) >= 11 is 0. The summed E-state index contributed by atoms with van der Waals surface area (Å²) in [5.74, 6) is -0.360. The third-order valence-corrected chi connectivity index (χ3v) is 6.49. The molecular weight excluding hydrogens is 481 g/mol. The van der Waals surface area contributed by atoms with Crippen molar-refractivity contribution in [3.05, 3.63) is 60.9 Å². The van der Waals surface area contributed by atoms with Crippen LogP contribution >= 0.6 is 0 Å². The average molecular weight is 494 g/mol. The summed E-state index contributed by atoms with van der Waals surface area (Å²) in [5, 5.41) is -4.86. The van der Waals surface area contributed by atoms with E-state index in [-0.39, 0.29) is 17.2 Å². The van der Waals surface area contributed by atoms with Gasteiger partial charge in [-0.1, -0.05) is 0 Å². The van der Waals surface area contributed by atoms with Gasteiger partial charge in [0.25, 0.3) is 5.91 Å². The van der Waals surface area contributed by atoms with E-state index in [4.69, 9.17) is 67.5 Å². The van der Waals surface area contributed by atoms with E-state index in [9.17, 15) is 4.79 Å². The van der Waals surface area contributed by atoms with Gasteiger partial charge in [-0.2, -0.15) is 0 Å². The Balaban J connectivity index is 1.46. The molecule has 0 aromatic carbocycles. The molecule has 1 N–H and O–H groups in total. The normalized spacial score (nSPS) is 18.9. The average Bonchev–Trinajstić information content (AvgIpc) is 3.28. The molecule has 16 radical (unpaired) electrons. The SMILES string of the molecule is [B]C1([B])OC([B])([B])C([B])([B])N(c2cc(C(=O)Nc3cc4cc(-c5cncn5C)ncc4cn3)ccn2)C1([B])[B]. The second-order valence-electron chi connectivity index (χ2n) is 9.41. The van der Waals surface area contributed by atoms with Crippen molar-refractivity contribution in [3.8, 4) is 11.4 Å². The molecule has 1 amide bonds. The predicted octanol–water partition coefficient (Wildman–Crippen LogP) is -1.52. The molecule has 0 atom stereocenters. The maximum Gasteiger partial charge on any atom is 0.257 e. The minimum absolute atomic E-state index is 0.0973. The van der Waals surface area contributed by atoms with Crippen molar-refractivity contribution < 1.29 is 9.53 Å². The second-order valence-corrected chi connectivity index (χ2v) is 9.41. The van der Waals surface area contributed by atoms with Gasteiger partial charge in [-0.3, -0.25) is 9.78 Å². The molecule has 1 aliphatic heterocycles. The van der Waals surface area contributed by atoms with Gasteiger partial charge in [0.1, 0.15) is 43.0 Å². The summed E-state index contributed by atoms with van der Waals surface area (Å²) in [6.07, 6.45) is 7.97.